The number of hydrogen-bond donors (Lipinski definition) is 0. The molecule has 3 aromatic rings. The van der Waals surface area contributed by atoms with Gasteiger partial charge < -0.3 is 4.74 Å². The molecule has 3 heteroatoms. The average molecular weight is 348 g/mol. The normalized spacial score (nSPS) is 11.7. The zero-order valence-electron chi connectivity index (χ0n) is 14.1. The Labute approximate surface area is 152 Å². The van der Waals surface area contributed by atoms with Gasteiger partial charge in [-0.2, -0.15) is 0 Å². The van der Waals surface area contributed by atoms with Gasteiger partial charge in [-0.05, 0) is 29.8 Å². The Morgan fingerprint density at radius 2 is 1.48 bits per heavy atom. The molecule has 0 radical (unpaired) electrons. The van der Waals surface area contributed by atoms with E-state index in [0.29, 0.717) is 6.42 Å². The Morgan fingerprint density at radius 3 is 2.08 bits per heavy atom. The highest BCUT2D eigenvalue weighted by atomic mass is 32.2. The van der Waals surface area contributed by atoms with Gasteiger partial charge in [-0.3, -0.25) is 4.79 Å². The number of hydrogen-bond acceptors (Lipinski definition) is 3. The smallest absolute Gasteiger partial charge is 0.164 e. The predicted molar refractivity (Wildman–Crippen MR) is 103 cm³/mol. The largest absolute Gasteiger partial charge is 0.497 e. The first-order valence-corrected chi connectivity index (χ1v) is 9.08. The van der Waals surface area contributed by atoms with Gasteiger partial charge in [0.15, 0.2) is 5.78 Å². The van der Waals surface area contributed by atoms with E-state index in [4.69, 9.17) is 4.74 Å². The molecule has 0 aliphatic carbocycles. The summed E-state index contributed by atoms with van der Waals surface area (Å²) in [7, 11) is 1.66. The third-order valence-corrected chi connectivity index (χ3v) is 5.24. The van der Waals surface area contributed by atoms with E-state index in [9.17, 15) is 4.79 Å². The Kier molecular flexibility index (Phi) is 5.91. The van der Waals surface area contributed by atoms with E-state index in [2.05, 4.69) is 12.1 Å². The lowest BCUT2D eigenvalue weighted by molar-refractivity contribution is 0.0982. The number of methoxy groups -OCH3 is 1. The summed E-state index contributed by atoms with van der Waals surface area (Å²) in [6.07, 6.45) is 0.454. The maximum absolute atomic E-state index is 12.7. The minimum atomic E-state index is 0.0565. The van der Waals surface area contributed by atoms with E-state index in [1.54, 1.807) is 18.9 Å². The highest BCUT2D eigenvalue weighted by Crippen LogP contribution is 2.39. The fraction of sp³-hybridized carbons (Fsp3) is 0.136. The van der Waals surface area contributed by atoms with E-state index >= 15 is 0 Å². The summed E-state index contributed by atoms with van der Waals surface area (Å²) in [6, 6.07) is 27.7. The average Bonchev–Trinajstić information content (AvgIpc) is 2.69. The summed E-state index contributed by atoms with van der Waals surface area (Å²) in [5, 5.41) is 0.0565. The van der Waals surface area contributed by atoms with Gasteiger partial charge in [0.1, 0.15) is 5.75 Å². The lowest BCUT2D eigenvalue weighted by Gasteiger charge is -2.17. The zero-order chi connectivity index (χ0) is 17.5. The quantitative estimate of drug-likeness (QED) is 0.398. The maximum Gasteiger partial charge on any atom is 0.164 e. The molecule has 0 spiro atoms. The second-order valence-electron chi connectivity index (χ2n) is 5.69. The summed E-state index contributed by atoms with van der Waals surface area (Å²) in [5.41, 5.74) is 1.88. The van der Waals surface area contributed by atoms with Crippen LogP contribution in [0.1, 0.15) is 27.6 Å². The number of rotatable bonds is 7. The molecule has 0 heterocycles. The third-order valence-electron chi connectivity index (χ3n) is 3.98. The van der Waals surface area contributed by atoms with Crippen molar-refractivity contribution in [3.63, 3.8) is 0 Å². The van der Waals surface area contributed by atoms with Gasteiger partial charge in [0, 0.05) is 22.1 Å². The van der Waals surface area contributed by atoms with Gasteiger partial charge >= 0.3 is 0 Å². The molecule has 3 aromatic carbocycles. The second kappa shape index (κ2) is 8.54. The first kappa shape index (κ1) is 17.3. The number of benzene rings is 3. The van der Waals surface area contributed by atoms with Crippen LogP contribution in [0.3, 0.4) is 0 Å². The van der Waals surface area contributed by atoms with Crippen LogP contribution in [-0.4, -0.2) is 12.9 Å². The number of thioether (sulfide) groups is 1. The van der Waals surface area contributed by atoms with Crippen molar-refractivity contribution in [2.75, 3.05) is 7.11 Å². The molecule has 0 unspecified atom stereocenters. The molecule has 2 nitrogen and oxygen atoms in total. The van der Waals surface area contributed by atoms with E-state index in [-0.39, 0.29) is 11.0 Å². The third kappa shape index (κ3) is 4.74. The van der Waals surface area contributed by atoms with Gasteiger partial charge in [0.25, 0.3) is 0 Å². The van der Waals surface area contributed by atoms with Gasteiger partial charge in [0.05, 0.1) is 7.11 Å². The molecule has 25 heavy (non-hydrogen) atoms. The minimum absolute atomic E-state index is 0.0565. The Hall–Kier alpha value is -2.52. The fourth-order valence-corrected chi connectivity index (χ4v) is 3.79. The molecule has 0 N–H and O–H groups in total. The van der Waals surface area contributed by atoms with Crippen molar-refractivity contribution in [2.45, 2.75) is 16.6 Å². The van der Waals surface area contributed by atoms with Crippen LogP contribution in [0.15, 0.2) is 89.8 Å². The molecule has 1 atom stereocenters. The lowest BCUT2D eigenvalue weighted by atomic mass is 10.0. The van der Waals surface area contributed by atoms with Gasteiger partial charge in [0.2, 0.25) is 0 Å². The van der Waals surface area contributed by atoms with E-state index in [0.717, 1.165) is 21.8 Å². The molecule has 0 aromatic heterocycles. The maximum atomic E-state index is 12.7. The van der Waals surface area contributed by atoms with Crippen molar-refractivity contribution in [1.82, 2.24) is 0 Å². The van der Waals surface area contributed by atoms with Crippen LogP contribution in [0, 0.1) is 0 Å². The van der Waals surface area contributed by atoms with Gasteiger partial charge in [-0.25, -0.2) is 0 Å². The van der Waals surface area contributed by atoms with E-state index in [1.807, 2.05) is 72.8 Å². The van der Waals surface area contributed by atoms with Crippen molar-refractivity contribution in [3.8, 4) is 5.75 Å². The van der Waals surface area contributed by atoms with E-state index in [1.165, 1.54) is 0 Å². The number of Topliss-reactive ketones (excluding diaryl/α,β-unsaturated/α-hetero) is 1. The van der Waals surface area contributed by atoms with Crippen molar-refractivity contribution in [3.05, 3.63) is 96.1 Å². The van der Waals surface area contributed by atoms with Crippen molar-refractivity contribution < 1.29 is 9.53 Å². The molecule has 0 amide bonds. The topological polar surface area (TPSA) is 26.3 Å². The zero-order valence-corrected chi connectivity index (χ0v) is 14.9. The van der Waals surface area contributed by atoms with E-state index < -0.39 is 0 Å². The van der Waals surface area contributed by atoms with Crippen molar-refractivity contribution in [1.29, 1.82) is 0 Å². The molecule has 0 aliphatic rings. The first-order chi connectivity index (χ1) is 12.3. The standard InChI is InChI=1S/C22H20O2S/c1-24-19-14-12-18(13-15-19)22(25-20-10-6-3-7-11-20)16-21(23)17-8-4-2-5-9-17/h2-15,22H,16H2,1H3/t22-/m1/s1. The second-order valence-corrected chi connectivity index (χ2v) is 6.96. The summed E-state index contributed by atoms with van der Waals surface area (Å²) >= 11 is 1.72. The molecular weight excluding hydrogens is 328 g/mol. The molecule has 126 valence electrons. The van der Waals surface area contributed by atoms with Gasteiger partial charge in [-0.15, -0.1) is 11.8 Å². The SMILES string of the molecule is COc1ccc([C@@H](CC(=O)c2ccccc2)Sc2ccccc2)cc1. The lowest BCUT2D eigenvalue weighted by Crippen LogP contribution is -2.05. The Morgan fingerprint density at radius 1 is 0.880 bits per heavy atom. The highest BCUT2D eigenvalue weighted by molar-refractivity contribution is 7.99. The fourth-order valence-electron chi connectivity index (χ4n) is 2.62. The number of ether oxygens (including phenoxy) is 1. The summed E-state index contributed by atoms with van der Waals surface area (Å²) in [6.45, 7) is 0. The molecule has 0 fully saturated rings. The molecule has 0 saturated carbocycles. The minimum Gasteiger partial charge on any atom is -0.497 e. The molecule has 3 rings (SSSR count). The van der Waals surface area contributed by atoms with Crippen LogP contribution < -0.4 is 4.74 Å². The van der Waals surface area contributed by atoms with Crippen molar-refractivity contribution >= 4 is 17.5 Å². The van der Waals surface area contributed by atoms with Gasteiger partial charge in [-0.1, -0.05) is 60.7 Å². The number of ketones is 1. The summed E-state index contributed by atoms with van der Waals surface area (Å²) < 4.78 is 5.24. The van der Waals surface area contributed by atoms with Crippen molar-refractivity contribution in [2.24, 2.45) is 0 Å². The monoisotopic (exact) mass is 348 g/mol. The van der Waals surface area contributed by atoms with Crippen LogP contribution in [0.25, 0.3) is 0 Å². The molecular formula is C22H20O2S. The first-order valence-electron chi connectivity index (χ1n) is 8.20. The molecule has 0 aliphatic heterocycles. The van der Waals surface area contributed by atoms with Crippen LogP contribution in [0.5, 0.6) is 5.75 Å². The van der Waals surface area contributed by atoms with Crippen LogP contribution in [0.4, 0.5) is 0 Å². The highest BCUT2D eigenvalue weighted by Gasteiger charge is 2.18. The Bertz CT molecular complexity index is 798. The number of carbonyl (C=O) groups is 1. The van der Waals surface area contributed by atoms with Crippen LogP contribution in [-0.2, 0) is 0 Å². The summed E-state index contributed by atoms with van der Waals surface area (Å²) in [5.74, 6) is 0.978. The van der Waals surface area contributed by atoms with Crippen LogP contribution >= 0.6 is 11.8 Å². The molecule has 0 saturated heterocycles. The summed E-state index contributed by atoms with van der Waals surface area (Å²) in [4.78, 5) is 13.9. The van der Waals surface area contributed by atoms with Crippen LogP contribution in [0.2, 0.25) is 0 Å². The number of carbonyl (C=O) groups excluding carboxylic acids is 1. The predicted octanol–water partition coefficient (Wildman–Crippen LogP) is 5.80. The molecule has 0 bridgehead atoms. The Balaban J connectivity index is 1.84.